The first-order chi connectivity index (χ1) is 15.6. The van der Waals surface area contributed by atoms with Crippen LogP contribution in [0.5, 0.6) is 11.5 Å². The molecule has 0 spiro atoms. The molecule has 1 saturated carbocycles. The zero-order valence-electron chi connectivity index (χ0n) is 17.1. The molecule has 1 aliphatic carbocycles. The predicted molar refractivity (Wildman–Crippen MR) is 119 cm³/mol. The van der Waals surface area contributed by atoms with Crippen molar-refractivity contribution in [2.75, 3.05) is 11.7 Å². The van der Waals surface area contributed by atoms with E-state index in [2.05, 4.69) is 10.3 Å². The van der Waals surface area contributed by atoms with Gasteiger partial charge in [-0.15, -0.1) is 0 Å². The first kappa shape index (κ1) is 19.4. The minimum atomic E-state index is -0.418. The number of urea groups is 1. The van der Waals surface area contributed by atoms with Crippen LogP contribution >= 0.6 is 11.6 Å². The second kappa shape index (κ2) is 7.38. The standard InChI is InChI=1S/C24H20ClN3O4/c25-17-7-8-20-22(32-12-31-20)21(17)13-5-6-16-18(9-13)27-24(30)28(23(16)29)19-11-26-10-14-3-1-2-4-15(14)19/h1-4,7-8,10-11,13,16,18H,5-6,9,12H2,(H,27,30). The number of carbonyl (C=O) groups excluding carboxylic acids is 2. The summed E-state index contributed by atoms with van der Waals surface area (Å²) >= 11 is 6.53. The van der Waals surface area contributed by atoms with Crippen molar-refractivity contribution >= 4 is 40.0 Å². The maximum absolute atomic E-state index is 13.5. The zero-order valence-corrected chi connectivity index (χ0v) is 17.8. The Morgan fingerprint density at radius 1 is 1.06 bits per heavy atom. The Hall–Kier alpha value is -3.32. The topological polar surface area (TPSA) is 80.8 Å². The van der Waals surface area contributed by atoms with Gasteiger partial charge in [0.15, 0.2) is 11.5 Å². The molecule has 3 unspecified atom stereocenters. The fraction of sp³-hybridized carbons (Fsp3) is 0.292. The van der Waals surface area contributed by atoms with Gasteiger partial charge < -0.3 is 14.8 Å². The number of fused-ring (bicyclic) bond motifs is 3. The highest BCUT2D eigenvalue weighted by molar-refractivity contribution is 6.31. The van der Waals surface area contributed by atoms with Crippen LogP contribution in [0.2, 0.25) is 5.02 Å². The van der Waals surface area contributed by atoms with Crippen molar-refractivity contribution in [1.29, 1.82) is 0 Å². The number of carbonyl (C=O) groups is 2. The van der Waals surface area contributed by atoms with Crippen molar-refractivity contribution < 1.29 is 19.1 Å². The van der Waals surface area contributed by atoms with Gasteiger partial charge in [0.05, 0.1) is 17.8 Å². The van der Waals surface area contributed by atoms with Crippen LogP contribution in [0.1, 0.15) is 30.7 Å². The van der Waals surface area contributed by atoms with Crippen molar-refractivity contribution in [3.63, 3.8) is 0 Å². The monoisotopic (exact) mass is 449 g/mol. The number of anilines is 1. The normalized spacial score (nSPS) is 24.4. The molecular formula is C24H20ClN3O4. The van der Waals surface area contributed by atoms with Gasteiger partial charge in [-0.2, -0.15) is 0 Å². The largest absolute Gasteiger partial charge is 0.454 e. The Morgan fingerprint density at radius 3 is 2.84 bits per heavy atom. The lowest BCUT2D eigenvalue weighted by molar-refractivity contribution is -0.124. The number of benzene rings is 2. The predicted octanol–water partition coefficient (Wildman–Crippen LogP) is 4.63. The van der Waals surface area contributed by atoms with Crippen LogP contribution in [0.3, 0.4) is 0 Å². The van der Waals surface area contributed by atoms with Crippen LogP contribution in [-0.4, -0.2) is 29.8 Å². The van der Waals surface area contributed by atoms with E-state index in [4.69, 9.17) is 21.1 Å². The zero-order chi connectivity index (χ0) is 21.8. The Bertz CT molecular complexity index is 1260. The van der Waals surface area contributed by atoms with Gasteiger partial charge in [-0.3, -0.25) is 9.78 Å². The minimum absolute atomic E-state index is 0.0688. The third-order valence-electron chi connectivity index (χ3n) is 6.72. The summed E-state index contributed by atoms with van der Waals surface area (Å²) in [6, 6.07) is 10.6. The second-order valence-corrected chi connectivity index (χ2v) is 8.83. The highest BCUT2D eigenvalue weighted by Crippen LogP contribution is 2.49. The second-order valence-electron chi connectivity index (χ2n) is 8.42. The number of amides is 3. The third kappa shape index (κ3) is 2.92. The van der Waals surface area contributed by atoms with Crippen LogP contribution < -0.4 is 19.7 Å². The lowest BCUT2D eigenvalue weighted by atomic mass is 9.74. The smallest absolute Gasteiger partial charge is 0.329 e. The third-order valence-corrected chi connectivity index (χ3v) is 7.05. The van der Waals surface area contributed by atoms with Gasteiger partial charge >= 0.3 is 6.03 Å². The molecule has 3 aromatic rings. The van der Waals surface area contributed by atoms with E-state index >= 15 is 0 Å². The molecule has 6 rings (SSSR count). The van der Waals surface area contributed by atoms with E-state index in [0.29, 0.717) is 35.1 Å². The molecule has 3 aliphatic rings. The number of imide groups is 1. The molecule has 1 N–H and O–H groups in total. The van der Waals surface area contributed by atoms with Gasteiger partial charge in [0, 0.05) is 33.6 Å². The molecule has 2 fully saturated rings. The quantitative estimate of drug-likeness (QED) is 0.617. The highest BCUT2D eigenvalue weighted by atomic mass is 35.5. The number of halogens is 1. The fourth-order valence-electron chi connectivity index (χ4n) is 5.23. The molecule has 2 aromatic carbocycles. The fourth-order valence-corrected chi connectivity index (χ4v) is 5.54. The average Bonchev–Trinajstić information content (AvgIpc) is 3.27. The van der Waals surface area contributed by atoms with Crippen molar-refractivity contribution in [3.05, 3.63) is 59.4 Å². The Morgan fingerprint density at radius 2 is 1.94 bits per heavy atom. The van der Waals surface area contributed by atoms with Crippen LogP contribution in [0, 0.1) is 5.92 Å². The van der Waals surface area contributed by atoms with Crippen molar-refractivity contribution in [3.8, 4) is 11.5 Å². The summed E-state index contributed by atoms with van der Waals surface area (Å²) < 4.78 is 11.2. The molecule has 2 aliphatic heterocycles. The summed E-state index contributed by atoms with van der Waals surface area (Å²) in [5.41, 5.74) is 1.42. The molecule has 0 bridgehead atoms. The molecule has 1 aromatic heterocycles. The van der Waals surface area contributed by atoms with E-state index in [1.54, 1.807) is 12.4 Å². The molecule has 0 radical (unpaired) electrons. The summed E-state index contributed by atoms with van der Waals surface area (Å²) in [6.07, 6.45) is 5.33. The number of hydrogen-bond donors (Lipinski definition) is 1. The molecule has 162 valence electrons. The lowest BCUT2D eigenvalue weighted by Crippen LogP contribution is -2.61. The van der Waals surface area contributed by atoms with Crippen LogP contribution in [0.4, 0.5) is 10.5 Å². The first-order valence-corrected chi connectivity index (χ1v) is 11.0. The van der Waals surface area contributed by atoms with Gasteiger partial charge in [0.1, 0.15) is 0 Å². The van der Waals surface area contributed by atoms with Gasteiger partial charge in [-0.1, -0.05) is 35.9 Å². The van der Waals surface area contributed by atoms with Gasteiger partial charge in [-0.25, -0.2) is 9.69 Å². The van der Waals surface area contributed by atoms with E-state index in [1.807, 2.05) is 36.4 Å². The summed E-state index contributed by atoms with van der Waals surface area (Å²) in [4.78, 5) is 32.1. The molecule has 32 heavy (non-hydrogen) atoms. The lowest BCUT2D eigenvalue weighted by Gasteiger charge is -2.42. The van der Waals surface area contributed by atoms with E-state index in [-0.39, 0.29) is 30.6 Å². The van der Waals surface area contributed by atoms with Gasteiger partial charge in [0.2, 0.25) is 12.7 Å². The Labute approximate surface area is 189 Å². The Balaban J connectivity index is 1.30. The van der Waals surface area contributed by atoms with E-state index in [9.17, 15) is 9.59 Å². The maximum Gasteiger partial charge on any atom is 0.329 e. The summed E-state index contributed by atoms with van der Waals surface area (Å²) in [5.74, 6) is 0.956. The number of nitrogens with one attached hydrogen (secondary N) is 1. The summed E-state index contributed by atoms with van der Waals surface area (Å²) in [6.45, 7) is 0.171. The highest BCUT2D eigenvalue weighted by Gasteiger charge is 2.46. The number of pyridine rings is 1. The molecule has 3 amide bonds. The van der Waals surface area contributed by atoms with E-state index in [1.165, 1.54) is 4.90 Å². The van der Waals surface area contributed by atoms with Gasteiger partial charge in [0.25, 0.3) is 0 Å². The number of ether oxygens (including phenoxy) is 2. The van der Waals surface area contributed by atoms with Crippen LogP contribution in [0.15, 0.2) is 48.8 Å². The van der Waals surface area contributed by atoms with Gasteiger partial charge in [-0.05, 0) is 37.3 Å². The van der Waals surface area contributed by atoms with Crippen molar-refractivity contribution in [2.45, 2.75) is 31.2 Å². The first-order valence-electron chi connectivity index (χ1n) is 10.7. The van der Waals surface area contributed by atoms with Crippen LogP contribution in [-0.2, 0) is 4.79 Å². The van der Waals surface area contributed by atoms with E-state index < -0.39 is 6.03 Å². The van der Waals surface area contributed by atoms with E-state index in [0.717, 1.165) is 22.8 Å². The molecule has 3 heterocycles. The molecule has 1 saturated heterocycles. The summed E-state index contributed by atoms with van der Waals surface area (Å²) in [5, 5.41) is 5.39. The average molecular weight is 450 g/mol. The molecule has 8 heteroatoms. The van der Waals surface area contributed by atoms with Crippen molar-refractivity contribution in [2.24, 2.45) is 5.92 Å². The molecular weight excluding hydrogens is 430 g/mol. The van der Waals surface area contributed by atoms with Crippen molar-refractivity contribution in [1.82, 2.24) is 10.3 Å². The number of hydrogen-bond acceptors (Lipinski definition) is 5. The Kier molecular flexibility index (Phi) is 4.47. The minimum Gasteiger partial charge on any atom is -0.454 e. The van der Waals surface area contributed by atoms with Crippen LogP contribution in [0.25, 0.3) is 10.8 Å². The summed E-state index contributed by atoms with van der Waals surface area (Å²) in [7, 11) is 0. The molecule has 7 nitrogen and oxygen atoms in total. The number of nitrogens with zero attached hydrogens (tertiary/aromatic N) is 2. The number of aromatic nitrogens is 1. The number of rotatable bonds is 2. The SMILES string of the molecule is O=C1NC2CC(c3c(Cl)ccc4c3OCO4)CCC2C(=O)N1c1cncc2ccccc12. The molecule has 3 atom stereocenters. The maximum atomic E-state index is 13.5.